The molecule has 1 atom stereocenters. The Morgan fingerprint density at radius 1 is 1.26 bits per heavy atom. The van der Waals surface area contributed by atoms with Gasteiger partial charge >= 0.3 is 0 Å². The van der Waals surface area contributed by atoms with Crippen molar-refractivity contribution >= 4 is 9.84 Å². The van der Waals surface area contributed by atoms with Gasteiger partial charge in [0.2, 0.25) is 0 Å². The van der Waals surface area contributed by atoms with Crippen LogP contribution in [0.4, 0.5) is 0 Å². The van der Waals surface area contributed by atoms with Crippen molar-refractivity contribution in [2.75, 3.05) is 25.7 Å². The average Bonchev–Trinajstić information content (AvgIpc) is 2.75. The Bertz CT molecular complexity index is 542. The summed E-state index contributed by atoms with van der Waals surface area (Å²) in [7, 11) is 0.362. The quantitative estimate of drug-likeness (QED) is 0.873. The van der Waals surface area contributed by atoms with Gasteiger partial charge in [-0.25, -0.2) is 8.42 Å². The third-order valence-electron chi connectivity index (χ3n) is 3.28. The second kappa shape index (κ2) is 5.79. The predicted molar refractivity (Wildman–Crippen MR) is 73.4 cm³/mol. The number of hydrogen-bond donors (Lipinski definition) is 1. The minimum Gasteiger partial charge on any atom is -0.493 e. The van der Waals surface area contributed by atoms with Gasteiger partial charge in [-0.15, -0.1) is 0 Å². The number of methoxy groups -OCH3 is 2. The molecule has 0 saturated carbocycles. The fraction of sp³-hybridized carbons (Fsp3) is 0.538. The number of sulfone groups is 1. The number of hydrogen-bond acceptors (Lipinski definition) is 5. The van der Waals surface area contributed by atoms with Crippen LogP contribution in [0.1, 0.15) is 12.0 Å². The van der Waals surface area contributed by atoms with Gasteiger partial charge in [0.1, 0.15) is 0 Å². The van der Waals surface area contributed by atoms with E-state index in [0.29, 0.717) is 24.5 Å². The molecule has 1 fully saturated rings. The summed E-state index contributed by atoms with van der Waals surface area (Å²) in [6.07, 6.45) is 0.690. The summed E-state index contributed by atoms with van der Waals surface area (Å²) in [5.74, 6) is 1.90. The topological polar surface area (TPSA) is 64.6 Å². The molecule has 19 heavy (non-hydrogen) atoms. The van der Waals surface area contributed by atoms with Gasteiger partial charge < -0.3 is 14.8 Å². The summed E-state index contributed by atoms with van der Waals surface area (Å²) in [6, 6.07) is 5.74. The highest BCUT2D eigenvalue weighted by atomic mass is 32.2. The smallest absolute Gasteiger partial charge is 0.161 e. The molecule has 0 unspecified atom stereocenters. The highest BCUT2D eigenvalue weighted by molar-refractivity contribution is 7.91. The lowest BCUT2D eigenvalue weighted by Gasteiger charge is -2.13. The van der Waals surface area contributed by atoms with Crippen molar-refractivity contribution in [3.05, 3.63) is 23.8 Å². The summed E-state index contributed by atoms with van der Waals surface area (Å²) >= 11 is 0. The Kier molecular flexibility index (Phi) is 4.31. The Hall–Kier alpha value is -1.27. The molecule has 0 amide bonds. The zero-order valence-electron chi connectivity index (χ0n) is 11.2. The van der Waals surface area contributed by atoms with E-state index in [2.05, 4.69) is 5.32 Å². The molecule has 1 aromatic rings. The van der Waals surface area contributed by atoms with Crippen molar-refractivity contribution in [2.45, 2.75) is 19.0 Å². The third kappa shape index (κ3) is 3.61. The molecule has 6 heteroatoms. The fourth-order valence-electron chi connectivity index (χ4n) is 2.21. The van der Waals surface area contributed by atoms with E-state index in [4.69, 9.17) is 9.47 Å². The SMILES string of the molecule is COc1ccc(CN[C@@H]2CCS(=O)(=O)C2)cc1OC. The maximum atomic E-state index is 11.4. The van der Waals surface area contributed by atoms with Gasteiger partial charge in [-0.05, 0) is 24.1 Å². The van der Waals surface area contributed by atoms with Crippen LogP contribution in [0.15, 0.2) is 18.2 Å². The zero-order chi connectivity index (χ0) is 13.9. The molecule has 0 aliphatic carbocycles. The molecular weight excluding hydrogens is 266 g/mol. The maximum absolute atomic E-state index is 11.4. The van der Waals surface area contributed by atoms with Crippen molar-refractivity contribution in [1.29, 1.82) is 0 Å². The predicted octanol–water partition coefficient (Wildman–Crippen LogP) is 0.980. The first-order chi connectivity index (χ1) is 9.04. The number of nitrogens with one attached hydrogen (secondary N) is 1. The van der Waals surface area contributed by atoms with E-state index < -0.39 is 9.84 Å². The molecule has 1 aliphatic rings. The van der Waals surface area contributed by atoms with Crippen LogP contribution in [0.2, 0.25) is 0 Å². The second-order valence-corrected chi connectivity index (χ2v) is 6.90. The summed E-state index contributed by atoms with van der Waals surface area (Å²) < 4.78 is 33.1. The van der Waals surface area contributed by atoms with E-state index >= 15 is 0 Å². The van der Waals surface area contributed by atoms with E-state index in [1.807, 2.05) is 18.2 Å². The molecule has 0 aromatic heterocycles. The molecule has 1 aromatic carbocycles. The van der Waals surface area contributed by atoms with E-state index in [-0.39, 0.29) is 17.5 Å². The Labute approximate surface area is 113 Å². The molecule has 0 bridgehead atoms. The molecule has 2 rings (SSSR count). The van der Waals surface area contributed by atoms with E-state index in [9.17, 15) is 8.42 Å². The van der Waals surface area contributed by atoms with Crippen LogP contribution in [-0.4, -0.2) is 40.2 Å². The second-order valence-electron chi connectivity index (χ2n) is 4.67. The van der Waals surface area contributed by atoms with Gasteiger partial charge in [-0.1, -0.05) is 6.07 Å². The van der Waals surface area contributed by atoms with Gasteiger partial charge in [0, 0.05) is 12.6 Å². The van der Waals surface area contributed by atoms with Gasteiger partial charge in [0.15, 0.2) is 21.3 Å². The highest BCUT2D eigenvalue weighted by Gasteiger charge is 2.27. The van der Waals surface area contributed by atoms with Crippen molar-refractivity contribution in [1.82, 2.24) is 5.32 Å². The normalized spacial score (nSPS) is 21.3. The van der Waals surface area contributed by atoms with Gasteiger partial charge in [0.05, 0.1) is 25.7 Å². The molecule has 1 saturated heterocycles. The molecule has 0 spiro atoms. The van der Waals surface area contributed by atoms with Crippen LogP contribution in [0.25, 0.3) is 0 Å². The molecular formula is C13H19NO4S. The average molecular weight is 285 g/mol. The first kappa shape index (κ1) is 14.1. The highest BCUT2D eigenvalue weighted by Crippen LogP contribution is 2.27. The Balaban J connectivity index is 1.97. The maximum Gasteiger partial charge on any atom is 0.161 e. The Morgan fingerprint density at radius 2 is 2.00 bits per heavy atom. The number of ether oxygens (including phenoxy) is 2. The number of benzene rings is 1. The monoisotopic (exact) mass is 285 g/mol. The molecule has 1 N–H and O–H groups in total. The minimum atomic E-state index is -2.83. The van der Waals surface area contributed by atoms with E-state index in [0.717, 1.165) is 5.56 Å². The van der Waals surface area contributed by atoms with Crippen LogP contribution in [-0.2, 0) is 16.4 Å². The summed E-state index contributed by atoms with van der Waals surface area (Å²) in [4.78, 5) is 0. The van der Waals surface area contributed by atoms with Gasteiger partial charge in [-0.3, -0.25) is 0 Å². The van der Waals surface area contributed by atoms with E-state index in [1.54, 1.807) is 14.2 Å². The van der Waals surface area contributed by atoms with Crippen LogP contribution < -0.4 is 14.8 Å². The summed E-state index contributed by atoms with van der Waals surface area (Å²) in [5.41, 5.74) is 1.04. The molecule has 0 radical (unpaired) electrons. The molecule has 1 aliphatic heterocycles. The van der Waals surface area contributed by atoms with Crippen molar-refractivity contribution in [3.8, 4) is 11.5 Å². The van der Waals surface area contributed by atoms with E-state index in [1.165, 1.54) is 0 Å². The standard InChI is InChI=1S/C13H19NO4S/c1-17-12-4-3-10(7-13(12)18-2)8-14-11-5-6-19(15,16)9-11/h3-4,7,11,14H,5-6,8-9H2,1-2H3/t11-/m1/s1. The minimum absolute atomic E-state index is 0.0538. The van der Waals surface area contributed by atoms with Gasteiger partial charge in [-0.2, -0.15) is 0 Å². The van der Waals surface area contributed by atoms with Crippen LogP contribution in [0.5, 0.6) is 11.5 Å². The lowest BCUT2D eigenvalue weighted by Crippen LogP contribution is -2.29. The molecule has 106 valence electrons. The van der Waals surface area contributed by atoms with Crippen LogP contribution in [0.3, 0.4) is 0 Å². The van der Waals surface area contributed by atoms with Crippen LogP contribution in [0, 0.1) is 0 Å². The lowest BCUT2D eigenvalue weighted by molar-refractivity contribution is 0.354. The van der Waals surface area contributed by atoms with Gasteiger partial charge in [0.25, 0.3) is 0 Å². The molecule has 5 nitrogen and oxygen atoms in total. The van der Waals surface area contributed by atoms with Crippen LogP contribution >= 0.6 is 0 Å². The number of rotatable bonds is 5. The van der Waals surface area contributed by atoms with Crippen molar-refractivity contribution in [3.63, 3.8) is 0 Å². The lowest BCUT2D eigenvalue weighted by atomic mass is 10.2. The largest absolute Gasteiger partial charge is 0.493 e. The van der Waals surface area contributed by atoms with Crippen molar-refractivity contribution in [2.24, 2.45) is 0 Å². The summed E-state index contributed by atoms with van der Waals surface area (Å²) in [5, 5.41) is 3.27. The van der Waals surface area contributed by atoms with Crippen molar-refractivity contribution < 1.29 is 17.9 Å². The summed E-state index contributed by atoms with van der Waals surface area (Å²) in [6.45, 7) is 0.626. The Morgan fingerprint density at radius 3 is 2.58 bits per heavy atom. The first-order valence-electron chi connectivity index (χ1n) is 6.19. The zero-order valence-corrected chi connectivity index (χ0v) is 12.0. The third-order valence-corrected chi connectivity index (χ3v) is 5.04. The fourth-order valence-corrected chi connectivity index (χ4v) is 3.92. The molecule has 1 heterocycles. The first-order valence-corrected chi connectivity index (χ1v) is 8.01.